The average molecular weight is 478 g/mol. The number of anilines is 1. The van der Waals surface area contributed by atoms with Crippen LogP contribution in [0.1, 0.15) is 18.1 Å². The second-order valence-corrected chi connectivity index (χ2v) is 6.44. The minimum Gasteiger partial charge on any atom is -0.357 e. The third-order valence-electron chi connectivity index (χ3n) is 4.51. The number of hydrogen-bond acceptors (Lipinski definition) is 2. The molecular weight excluding hydrogens is 451 g/mol. The van der Waals surface area contributed by atoms with Gasteiger partial charge in [-0.15, -0.1) is 24.0 Å². The van der Waals surface area contributed by atoms with Crippen LogP contribution in [-0.2, 0) is 17.8 Å². The minimum atomic E-state index is 0. The van der Waals surface area contributed by atoms with Crippen molar-refractivity contribution in [1.82, 2.24) is 10.2 Å². The third-order valence-corrected chi connectivity index (χ3v) is 4.51. The predicted octanol–water partition coefficient (Wildman–Crippen LogP) is 3.29. The van der Waals surface area contributed by atoms with Crippen LogP contribution in [0.3, 0.4) is 0 Å². The number of hydrogen-bond donors (Lipinski definition) is 1. The Balaban J connectivity index is 0.00000261. The molecule has 0 saturated carbocycles. The number of rotatable bonds is 5. The van der Waals surface area contributed by atoms with Crippen molar-refractivity contribution >= 4 is 41.5 Å². The summed E-state index contributed by atoms with van der Waals surface area (Å²) in [5, 5.41) is 3.27. The van der Waals surface area contributed by atoms with E-state index in [1.807, 2.05) is 60.2 Å². The summed E-state index contributed by atoms with van der Waals surface area (Å²) in [6, 6.07) is 18.3. The van der Waals surface area contributed by atoms with Gasteiger partial charge in [-0.2, -0.15) is 0 Å². The molecule has 0 atom stereocenters. The molecular formula is C21H27IN4O. The summed E-state index contributed by atoms with van der Waals surface area (Å²) in [4.78, 5) is 21.1. The molecule has 0 saturated heterocycles. The Morgan fingerprint density at radius 2 is 1.85 bits per heavy atom. The molecule has 1 heterocycles. The first-order valence-corrected chi connectivity index (χ1v) is 9.10. The number of halogens is 1. The Hall–Kier alpha value is -2.09. The lowest BCUT2D eigenvalue weighted by molar-refractivity contribution is -0.117. The Morgan fingerprint density at radius 3 is 2.59 bits per heavy atom. The van der Waals surface area contributed by atoms with Crippen molar-refractivity contribution in [2.24, 2.45) is 4.99 Å². The van der Waals surface area contributed by atoms with Crippen LogP contribution in [0.15, 0.2) is 59.6 Å². The topological polar surface area (TPSA) is 47.9 Å². The lowest BCUT2D eigenvalue weighted by Crippen LogP contribution is -2.40. The number of fused-ring (bicyclic) bond motifs is 1. The molecule has 0 spiro atoms. The largest absolute Gasteiger partial charge is 0.357 e. The lowest BCUT2D eigenvalue weighted by Gasteiger charge is -2.23. The first-order valence-electron chi connectivity index (χ1n) is 9.10. The van der Waals surface area contributed by atoms with E-state index in [0.717, 1.165) is 37.7 Å². The fourth-order valence-corrected chi connectivity index (χ4v) is 3.23. The van der Waals surface area contributed by atoms with Crippen molar-refractivity contribution in [3.05, 3.63) is 65.7 Å². The Bertz CT molecular complexity index is 779. The molecule has 1 aliphatic rings. The monoisotopic (exact) mass is 478 g/mol. The van der Waals surface area contributed by atoms with Crippen LogP contribution in [0.25, 0.3) is 0 Å². The van der Waals surface area contributed by atoms with Crippen LogP contribution in [0, 0.1) is 0 Å². The highest BCUT2D eigenvalue weighted by molar-refractivity contribution is 14.0. The second kappa shape index (κ2) is 10.3. The molecule has 0 unspecified atom stereocenters. The van der Waals surface area contributed by atoms with Crippen molar-refractivity contribution in [3.63, 3.8) is 0 Å². The van der Waals surface area contributed by atoms with E-state index in [1.165, 1.54) is 11.1 Å². The van der Waals surface area contributed by atoms with Crippen molar-refractivity contribution in [2.45, 2.75) is 19.9 Å². The van der Waals surface area contributed by atoms with Gasteiger partial charge in [-0.1, -0.05) is 48.5 Å². The number of para-hydroxylation sites is 1. The smallest absolute Gasteiger partial charge is 0.248 e. The molecule has 0 aromatic heterocycles. The molecule has 0 aliphatic carbocycles. The number of carbonyl (C=O) groups is 1. The molecule has 2 aromatic rings. The number of nitrogens with one attached hydrogen (secondary N) is 1. The molecule has 1 aliphatic heterocycles. The van der Waals surface area contributed by atoms with E-state index in [0.29, 0.717) is 0 Å². The van der Waals surface area contributed by atoms with E-state index in [1.54, 1.807) is 0 Å². The van der Waals surface area contributed by atoms with Gasteiger partial charge >= 0.3 is 0 Å². The van der Waals surface area contributed by atoms with Crippen LogP contribution in [0.5, 0.6) is 0 Å². The fourth-order valence-electron chi connectivity index (χ4n) is 3.23. The van der Waals surface area contributed by atoms with Crippen LogP contribution in [0.4, 0.5) is 5.69 Å². The SMILES string of the molecule is CCNC(=NCC(=O)N1CCc2ccccc21)N(C)Cc1ccccc1.I. The summed E-state index contributed by atoms with van der Waals surface area (Å²) in [5.41, 5.74) is 3.47. The summed E-state index contributed by atoms with van der Waals surface area (Å²) in [7, 11) is 1.99. The quantitative estimate of drug-likeness (QED) is 0.408. The highest BCUT2D eigenvalue weighted by Gasteiger charge is 2.23. The van der Waals surface area contributed by atoms with Crippen LogP contribution in [0.2, 0.25) is 0 Å². The maximum Gasteiger partial charge on any atom is 0.248 e. The zero-order valence-electron chi connectivity index (χ0n) is 15.9. The van der Waals surface area contributed by atoms with E-state index < -0.39 is 0 Å². The average Bonchev–Trinajstić information content (AvgIpc) is 3.10. The fraction of sp³-hybridized carbons (Fsp3) is 0.333. The maximum absolute atomic E-state index is 12.7. The molecule has 1 N–H and O–H groups in total. The summed E-state index contributed by atoms with van der Waals surface area (Å²) in [6.45, 7) is 4.43. The molecule has 1 amide bonds. The normalized spacial score (nSPS) is 13.0. The molecule has 2 aromatic carbocycles. The number of guanidine groups is 1. The molecule has 3 rings (SSSR count). The Labute approximate surface area is 178 Å². The van der Waals surface area contributed by atoms with Gasteiger partial charge in [0.1, 0.15) is 6.54 Å². The Kier molecular flexibility index (Phi) is 8.09. The zero-order chi connectivity index (χ0) is 18.4. The highest BCUT2D eigenvalue weighted by Crippen LogP contribution is 2.27. The number of amides is 1. The predicted molar refractivity (Wildman–Crippen MR) is 122 cm³/mol. The summed E-state index contributed by atoms with van der Waals surface area (Å²) < 4.78 is 0. The van der Waals surface area contributed by atoms with Crippen LogP contribution in [-0.4, -0.2) is 43.4 Å². The van der Waals surface area contributed by atoms with Gasteiger partial charge in [0.05, 0.1) is 0 Å². The molecule has 144 valence electrons. The first-order chi connectivity index (χ1) is 12.7. The second-order valence-electron chi connectivity index (χ2n) is 6.44. The molecule has 5 nitrogen and oxygen atoms in total. The minimum absolute atomic E-state index is 0. The lowest BCUT2D eigenvalue weighted by atomic mass is 10.2. The Morgan fingerprint density at radius 1 is 1.15 bits per heavy atom. The zero-order valence-corrected chi connectivity index (χ0v) is 18.2. The van der Waals surface area contributed by atoms with Gasteiger partial charge < -0.3 is 15.1 Å². The summed E-state index contributed by atoms with van der Waals surface area (Å²) in [6.07, 6.45) is 0.916. The highest BCUT2D eigenvalue weighted by atomic mass is 127. The maximum atomic E-state index is 12.7. The van der Waals surface area contributed by atoms with Gasteiger partial charge in [0.15, 0.2) is 5.96 Å². The van der Waals surface area contributed by atoms with Gasteiger partial charge in [0, 0.05) is 32.4 Å². The van der Waals surface area contributed by atoms with Gasteiger partial charge in [-0.3, -0.25) is 4.79 Å². The number of nitrogens with zero attached hydrogens (tertiary/aromatic N) is 3. The molecule has 0 radical (unpaired) electrons. The molecule has 6 heteroatoms. The van der Waals surface area contributed by atoms with E-state index in [-0.39, 0.29) is 36.4 Å². The summed E-state index contributed by atoms with van der Waals surface area (Å²) in [5.74, 6) is 0.788. The van der Waals surface area contributed by atoms with Crippen molar-refractivity contribution in [1.29, 1.82) is 0 Å². The molecule has 0 fully saturated rings. The van der Waals surface area contributed by atoms with Crippen LogP contribution < -0.4 is 10.2 Å². The third kappa shape index (κ3) is 5.45. The van der Waals surface area contributed by atoms with E-state index in [9.17, 15) is 4.79 Å². The van der Waals surface area contributed by atoms with Crippen molar-refractivity contribution in [3.8, 4) is 0 Å². The molecule has 0 bridgehead atoms. The van der Waals surface area contributed by atoms with Crippen LogP contribution >= 0.6 is 24.0 Å². The van der Waals surface area contributed by atoms with Crippen molar-refractivity contribution < 1.29 is 4.79 Å². The van der Waals surface area contributed by atoms with Gasteiger partial charge in [0.25, 0.3) is 0 Å². The standard InChI is InChI=1S/C21H26N4O.HI/c1-3-22-21(24(2)16-17-9-5-4-6-10-17)23-15-20(26)25-14-13-18-11-7-8-12-19(18)25;/h4-12H,3,13-16H2,1-2H3,(H,22,23);1H. The van der Waals surface area contributed by atoms with E-state index in [2.05, 4.69) is 28.5 Å². The van der Waals surface area contributed by atoms with E-state index in [4.69, 9.17) is 0 Å². The van der Waals surface area contributed by atoms with E-state index >= 15 is 0 Å². The van der Waals surface area contributed by atoms with Gasteiger partial charge in [-0.25, -0.2) is 4.99 Å². The number of benzene rings is 2. The number of carbonyl (C=O) groups excluding carboxylic acids is 1. The molecule has 27 heavy (non-hydrogen) atoms. The summed E-state index contributed by atoms with van der Waals surface area (Å²) >= 11 is 0. The van der Waals surface area contributed by atoms with Gasteiger partial charge in [0.2, 0.25) is 5.91 Å². The first kappa shape index (κ1) is 21.2. The number of aliphatic imine (C=N–C) groups is 1. The van der Waals surface area contributed by atoms with Crippen molar-refractivity contribution in [2.75, 3.05) is 31.6 Å². The van der Waals surface area contributed by atoms with Gasteiger partial charge in [-0.05, 0) is 30.5 Å².